The highest BCUT2D eigenvalue weighted by molar-refractivity contribution is 14.1. The molecule has 0 aromatic heterocycles. The third kappa shape index (κ3) is 2.76. The van der Waals surface area contributed by atoms with Gasteiger partial charge in [-0.15, -0.1) is 11.8 Å². The van der Waals surface area contributed by atoms with Crippen LogP contribution in [0.4, 0.5) is 5.69 Å². The number of carbonyl (C=O) groups excluding carboxylic acids is 1. The van der Waals surface area contributed by atoms with Crippen LogP contribution >= 0.6 is 50.3 Å². The minimum absolute atomic E-state index is 0.0585. The molecule has 1 aliphatic rings. The molecular weight excluding hydrogens is 449 g/mol. The molecule has 0 N–H and O–H groups in total. The SMILES string of the molecule is O=C(c1cc(I)ccc1Br)N1CCSc2ccccc21. The van der Waals surface area contributed by atoms with Crippen LogP contribution in [0.3, 0.4) is 0 Å². The van der Waals surface area contributed by atoms with Crippen LogP contribution < -0.4 is 4.90 Å². The smallest absolute Gasteiger partial charge is 0.259 e. The second kappa shape index (κ2) is 6.07. The minimum atomic E-state index is 0.0585. The van der Waals surface area contributed by atoms with Gasteiger partial charge in [-0.25, -0.2) is 0 Å². The third-order valence-electron chi connectivity index (χ3n) is 3.13. The first-order valence-corrected chi connectivity index (χ1v) is 9.01. The quantitative estimate of drug-likeness (QED) is 0.570. The number of thioether (sulfide) groups is 1. The third-order valence-corrected chi connectivity index (χ3v) is 5.54. The van der Waals surface area contributed by atoms with Crippen molar-refractivity contribution in [2.75, 3.05) is 17.2 Å². The molecule has 2 nitrogen and oxygen atoms in total. The van der Waals surface area contributed by atoms with Crippen molar-refractivity contribution in [1.82, 2.24) is 0 Å². The Morgan fingerprint density at radius 3 is 2.90 bits per heavy atom. The molecule has 0 radical (unpaired) electrons. The fourth-order valence-electron chi connectivity index (χ4n) is 2.19. The molecule has 0 saturated heterocycles. The van der Waals surface area contributed by atoms with E-state index >= 15 is 0 Å². The van der Waals surface area contributed by atoms with Crippen molar-refractivity contribution in [2.45, 2.75) is 4.90 Å². The molecule has 1 aliphatic heterocycles. The Kier molecular flexibility index (Phi) is 4.37. The summed E-state index contributed by atoms with van der Waals surface area (Å²) in [6.45, 7) is 0.748. The summed E-state index contributed by atoms with van der Waals surface area (Å²) in [6, 6.07) is 13.9. The van der Waals surface area contributed by atoms with Gasteiger partial charge in [0.25, 0.3) is 5.91 Å². The highest BCUT2D eigenvalue weighted by Crippen LogP contribution is 2.35. The second-order valence-electron chi connectivity index (χ2n) is 4.40. The van der Waals surface area contributed by atoms with E-state index in [0.717, 1.165) is 31.6 Å². The van der Waals surface area contributed by atoms with Gasteiger partial charge in [0.05, 0.1) is 11.3 Å². The highest BCUT2D eigenvalue weighted by Gasteiger charge is 2.25. The fourth-order valence-corrected chi connectivity index (χ4v) is 4.09. The molecule has 2 aromatic carbocycles. The first kappa shape index (κ1) is 14.4. The summed E-state index contributed by atoms with van der Waals surface area (Å²) in [5.41, 5.74) is 1.73. The number of carbonyl (C=O) groups is 1. The number of rotatable bonds is 1. The Bertz CT molecular complexity index is 677. The maximum absolute atomic E-state index is 12.8. The number of amides is 1. The predicted octanol–water partition coefficient (Wildman–Crippen LogP) is 4.81. The number of benzene rings is 2. The van der Waals surface area contributed by atoms with Crippen LogP contribution in [0.25, 0.3) is 0 Å². The number of para-hydroxylation sites is 1. The maximum Gasteiger partial charge on any atom is 0.259 e. The van der Waals surface area contributed by atoms with E-state index in [1.54, 1.807) is 11.8 Å². The molecule has 1 heterocycles. The fraction of sp³-hybridized carbons (Fsp3) is 0.133. The zero-order valence-corrected chi connectivity index (χ0v) is 15.0. The zero-order chi connectivity index (χ0) is 14.1. The van der Waals surface area contributed by atoms with E-state index in [0.29, 0.717) is 0 Å². The van der Waals surface area contributed by atoms with E-state index in [1.165, 1.54) is 4.90 Å². The van der Waals surface area contributed by atoms with Crippen molar-refractivity contribution < 1.29 is 4.79 Å². The molecule has 20 heavy (non-hydrogen) atoms. The summed E-state index contributed by atoms with van der Waals surface area (Å²) in [7, 11) is 0. The summed E-state index contributed by atoms with van der Waals surface area (Å²) in [4.78, 5) is 15.9. The number of nitrogens with zero attached hydrogens (tertiary/aromatic N) is 1. The van der Waals surface area contributed by atoms with Gasteiger partial charge in [-0.3, -0.25) is 4.79 Å². The van der Waals surface area contributed by atoms with Crippen LogP contribution in [0, 0.1) is 3.57 Å². The summed E-state index contributed by atoms with van der Waals surface area (Å²) >= 11 is 7.52. The van der Waals surface area contributed by atoms with Crippen molar-refractivity contribution in [3.63, 3.8) is 0 Å². The number of halogens is 2. The summed E-state index contributed by atoms with van der Waals surface area (Å²) in [5.74, 6) is 0.993. The van der Waals surface area contributed by atoms with Gasteiger partial charge in [0.2, 0.25) is 0 Å². The van der Waals surface area contributed by atoms with Crippen molar-refractivity contribution >= 4 is 61.9 Å². The molecule has 102 valence electrons. The summed E-state index contributed by atoms with van der Waals surface area (Å²) in [5, 5.41) is 0. The molecule has 0 fully saturated rings. The van der Waals surface area contributed by atoms with E-state index in [4.69, 9.17) is 0 Å². The minimum Gasteiger partial charge on any atom is -0.306 e. The number of anilines is 1. The van der Waals surface area contributed by atoms with E-state index in [2.05, 4.69) is 44.6 Å². The number of hydrogen-bond donors (Lipinski definition) is 0. The predicted molar refractivity (Wildman–Crippen MR) is 95.7 cm³/mol. The van der Waals surface area contributed by atoms with Crippen molar-refractivity contribution in [3.8, 4) is 0 Å². The van der Waals surface area contributed by atoms with Crippen LogP contribution in [0.1, 0.15) is 10.4 Å². The number of fused-ring (bicyclic) bond motifs is 1. The molecule has 0 atom stereocenters. The van der Waals surface area contributed by atoms with Gasteiger partial charge >= 0.3 is 0 Å². The summed E-state index contributed by atoms with van der Waals surface area (Å²) in [6.07, 6.45) is 0. The van der Waals surface area contributed by atoms with E-state index in [9.17, 15) is 4.79 Å². The normalized spacial score (nSPS) is 14.0. The molecule has 5 heteroatoms. The molecular formula is C15H11BrINOS. The molecule has 0 aliphatic carbocycles. The van der Waals surface area contributed by atoms with Gasteiger partial charge in [0.1, 0.15) is 0 Å². The van der Waals surface area contributed by atoms with Crippen LogP contribution in [-0.4, -0.2) is 18.2 Å². The standard InChI is InChI=1S/C15H11BrINOS/c16-12-6-5-10(17)9-11(12)15(19)18-7-8-20-14-4-2-1-3-13(14)18/h1-6,9H,7-8H2. The van der Waals surface area contributed by atoms with Crippen molar-refractivity contribution in [2.24, 2.45) is 0 Å². The van der Waals surface area contributed by atoms with E-state index in [-0.39, 0.29) is 5.91 Å². The molecule has 0 bridgehead atoms. The van der Waals surface area contributed by atoms with Gasteiger partial charge < -0.3 is 4.90 Å². The lowest BCUT2D eigenvalue weighted by Gasteiger charge is -2.29. The molecule has 0 spiro atoms. The Balaban J connectivity index is 2.02. The number of hydrogen-bond acceptors (Lipinski definition) is 2. The molecule has 1 amide bonds. The Labute approximate surface area is 144 Å². The monoisotopic (exact) mass is 459 g/mol. The van der Waals surface area contributed by atoms with Crippen molar-refractivity contribution in [3.05, 3.63) is 56.1 Å². The molecule has 0 unspecified atom stereocenters. The van der Waals surface area contributed by atoms with Gasteiger partial charge in [-0.2, -0.15) is 0 Å². The van der Waals surface area contributed by atoms with Gasteiger partial charge in [0, 0.05) is 25.2 Å². The van der Waals surface area contributed by atoms with Crippen LogP contribution in [0.15, 0.2) is 51.8 Å². The summed E-state index contributed by atoms with van der Waals surface area (Å²) < 4.78 is 1.91. The topological polar surface area (TPSA) is 20.3 Å². The zero-order valence-electron chi connectivity index (χ0n) is 10.5. The lowest BCUT2D eigenvalue weighted by atomic mass is 10.1. The highest BCUT2D eigenvalue weighted by atomic mass is 127. The van der Waals surface area contributed by atoms with E-state index in [1.807, 2.05) is 41.3 Å². The molecule has 2 aromatic rings. The van der Waals surface area contributed by atoms with Crippen LogP contribution in [0.2, 0.25) is 0 Å². The molecule has 0 saturated carbocycles. The lowest BCUT2D eigenvalue weighted by Crippen LogP contribution is -2.35. The largest absolute Gasteiger partial charge is 0.306 e. The second-order valence-corrected chi connectivity index (χ2v) is 7.63. The first-order valence-electron chi connectivity index (χ1n) is 6.15. The average Bonchev–Trinajstić information content (AvgIpc) is 2.48. The molecule has 3 rings (SSSR count). The first-order chi connectivity index (χ1) is 9.66. The Hall–Kier alpha value is -0.530. The van der Waals surface area contributed by atoms with Crippen molar-refractivity contribution in [1.29, 1.82) is 0 Å². The van der Waals surface area contributed by atoms with Gasteiger partial charge in [-0.05, 0) is 68.9 Å². The van der Waals surface area contributed by atoms with Gasteiger partial charge in [0.15, 0.2) is 0 Å². The van der Waals surface area contributed by atoms with Gasteiger partial charge in [-0.1, -0.05) is 12.1 Å². The Morgan fingerprint density at radius 2 is 2.05 bits per heavy atom. The van der Waals surface area contributed by atoms with Crippen LogP contribution in [0.5, 0.6) is 0 Å². The average molecular weight is 460 g/mol. The van der Waals surface area contributed by atoms with Crippen LogP contribution in [-0.2, 0) is 0 Å². The van der Waals surface area contributed by atoms with E-state index < -0.39 is 0 Å². The Morgan fingerprint density at radius 1 is 1.25 bits per heavy atom. The maximum atomic E-state index is 12.8. The lowest BCUT2D eigenvalue weighted by molar-refractivity contribution is 0.0987.